The predicted octanol–water partition coefficient (Wildman–Crippen LogP) is 1.58. The highest BCUT2D eigenvalue weighted by atomic mass is 16.5. The lowest BCUT2D eigenvalue weighted by Gasteiger charge is -2.37. The summed E-state index contributed by atoms with van der Waals surface area (Å²) in [5.41, 5.74) is 0. The third kappa shape index (κ3) is 6.71. The number of hydrogen-bond donors (Lipinski definition) is 1. The third-order valence-corrected chi connectivity index (χ3v) is 6.44. The van der Waals surface area contributed by atoms with Crippen LogP contribution < -0.4 is 5.32 Å². The molecule has 4 heterocycles. The summed E-state index contributed by atoms with van der Waals surface area (Å²) in [7, 11) is 0. The quantitative estimate of drug-likeness (QED) is 0.522. The summed E-state index contributed by atoms with van der Waals surface area (Å²) < 4.78 is 11.3. The Kier molecular flexibility index (Phi) is 8.24. The van der Waals surface area contributed by atoms with E-state index in [1.54, 1.807) is 6.26 Å². The van der Waals surface area contributed by atoms with Crippen molar-refractivity contribution in [2.24, 2.45) is 4.99 Å². The number of furan rings is 1. The number of hydrogen-bond acceptors (Lipinski definition) is 5. The molecule has 0 spiro atoms. The molecule has 3 aliphatic heterocycles. The Hall–Kier alpha value is -2.06. The Balaban J connectivity index is 1.28. The van der Waals surface area contributed by atoms with E-state index >= 15 is 0 Å². The zero-order chi connectivity index (χ0) is 21.3. The minimum Gasteiger partial charge on any atom is -0.469 e. The van der Waals surface area contributed by atoms with Gasteiger partial charge in [0.1, 0.15) is 5.76 Å². The summed E-state index contributed by atoms with van der Waals surface area (Å²) in [5.74, 6) is 2.21. The van der Waals surface area contributed by atoms with Crippen LogP contribution in [-0.4, -0.2) is 98.2 Å². The van der Waals surface area contributed by atoms with E-state index in [0.717, 1.165) is 96.2 Å². The smallest absolute Gasteiger partial charge is 0.236 e. The van der Waals surface area contributed by atoms with Crippen molar-refractivity contribution < 1.29 is 13.9 Å². The van der Waals surface area contributed by atoms with Gasteiger partial charge in [-0.3, -0.25) is 14.7 Å². The van der Waals surface area contributed by atoms with E-state index in [1.807, 2.05) is 17.0 Å². The molecule has 1 N–H and O–H groups in total. The van der Waals surface area contributed by atoms with Gasteiger partial charge < -0.3 is 24.3 Å². The molecule has 1 aromatic rings. The maximum atomic E-state index is 12.5. The second kappa shape index (κ2) is 11.5. The number of aliphatic imine (C=N–C) groups is 1. The minimum atomic E-state index is 0.231. The highest BCUT2D eigenvalue weighted by Gasteiger charge is 2.25. The zero-order valence-electron chi connectivity index (χ0n) is 18.6. The van der Waals surface area contributed by atoms with Crippen LogP contribution in [0.4, 0.5) is 0 Å². The van der Waals surface area contributed by atoms with Crippen LogP contribution in [0.3, 0.4) is 0 Å². The van der Waals surface area contributed by atoms with Gasteiger partial charge in [-0.25, -0.2) is 0 Å². The first-order valence-electron chi connectivity index (χ1n) is 12.0. The fourth-order valence-corrected chi connectivity index (χ4v) is 4.54. The molecule has 1 amide bonds. The Bertz CT molecular complexity index is 688. The molecular formula is C23H37N5O3. The van der Waals surface area contributed by atoms with Crippen molar-refractivity contribution in [3.63, 3.8) is 0 Å². The lowest BCUT2D eigenvalue weighted by Crippen LogP contribution is -2.54. The van der Waals surface area contributed by atoms with E-state index in [1.165, 1.54) is 6.42 Å². The Morgan fingerprint density at radius 2 is 1.90 bits per heavy atom. The van der Waals surface area contributed by atoms with E-state index < -0.39 is 0 Å². The standard InChI is InChI=1S/C23H37N5O3/c29-22(27-10-2-3-11-27)19-26-12-14-28(15-13-26)23(24-9-8-20-7-5-17-30-20)25-18-21-6-1-4-16-31-21/h5,7,17,21H,1-4,6,8-16,18-19H2,(H,24,25). The van der Waals surface area contributed by atoms with Gasteiger partial charge in [0.05, 0.1) is 25.5 Å². The molecule has 3 fully saturated rings. The van der Waals surface area contributed by atoms with Gasteiger partial charge in [-0.05, 0) is 44.2 Å². The summed E-state index contributed by atoms with van der Waals surface area (Å²) in [5, 5.41) is 3.53. The van der Waals surface area contributed by atoms with Crippen molar-refractivity contribution in [2.75, 3.05) is 65.5 Å². The zero-order valence-corrected chi connectivity index (χ0v) is 18.6. The molecule has 0 saturated carbocycles. The van der Waals surface area contributed by atoms with Crippen LogP contribution in [0.1, 0.15) is 37.9 Å². The number of carbonyl (C=O) groups excluding carboxylic acids is 1. The lowest BCUT2D eigenvalue weighted by molar-refractivity contribution is -0.131. The van der Waals surface area contributed by atoms with Crippen molar-refractivity contribution in [1.82, 2.24) is 20.0 Å². The number of carbonyl (C=O) groups is 1. The van der Waals surface area contributed by atoms with Gasteiger partial charge in [-0.2, -0.15) is 0 Å². The first-order chi connectivity index (χ1) is 15.3. The molecule has 0 aliphatic carbocycles. The molecule has 172 valence electrons. The van der Waals surface area contributed by atoms with Gasteiger partial charge in [0, 0.05) is 58.8 Å². The minimum absolute atomic E-state index is 0.231. The van der Waals surface area contributed by atoms with Gasteiger partial charge in [-0.15, -0.1) is 0 Å². The fourth-order valence-electron chi connectivity index (χ4n) is 4.54. The van der Waals surface area contributed by atoms with Crippen LogP contribution in [0.15, 0.2) is 27.8 Å². The molecule has 8 nitrogen and oxygen atoms in total. The molecule has 4 rings (SSSR count). The first kappa shape index (κ1) is 22.1. The van der Waals surface area contributed by atoms with Crippen molar-refractivity contribution in [3.05, 3.63) is 24.2 Å². The summed E-state index contributed by atoms with van der Waals surface area (Å²) >= 11 is 0. The van der Waals surface area contributed by atoms with E-state index in [0.29, 0.717) is 13.1 Å². The Labute approximate surface area is 185 Å². The summed E-state index contributed by atoms with van der Waals surface area (Å²) in [6.07, 6.45) is 8.55. The number of ether oxygens (including phenoxy) is 1. The van der Waals surface area contributed by atoms with Crippen LogP contribution in [-0.2, 0) is 16.0 Å². The van der Waals surface area contributed by atoms with Crippen molar-refractivity contribution in [2.45, 2.75) is 44.6 Å². The monoisotopic (exact) mass is 431 g/mol. The number of piperazine rings is 1. The predicted molar refractivity (Wildman–Crippen MR) is 120 cm³/mol. The maximum absolute atomic E-state index is 12.5. The van der Waals surface area contributed by atoms with Crippen molar-refractivity contribution in [3.8, 4) is 0 Å². The average Bonchev–Trinajstić information content (AvgIpc) is 3.52. The normalized spacial score (nSPS) is 23.4. The highest BCUT2D eigenvalue weighted by molar-refractivity contribution is 5.80. The number of guanidine groups is 1. The van der Waals surface area contributed by atoms with E-state index in [4.69, 9.17) is 14.1 Å². The number of rotatable bonds is 7. The fraction of sp³-hybridized carbons (Fsp3) is 0.739. The SMILES string of the molecule is O=C(CN1CCN(C(=NCC2CCCCO2)NCCc2ccco2)CC1)N1CCCC1. The van der Waals surface area contributed by atoms with E-state index in [2.05, 4.69) is 15.1 Å². The van der Waals surface area contributed by atoms with Crippen LogP contribution in [0.2, 0.25) is 0 Å². The van der Waals surface area contributed by atoms with Gasteiger partial charge >= 0.3 is 0 Å². The molecule has 1 aromatic heterocycles. The lowest BCUT2D eigenvalue weighted by atomic mass is 10.1. The molecule has 8 heteroatoms. The van der Waals surface area contributed by atoms with Crippen molar-refractivity contribution in [1.29, 1.82) is 0 Å². The van der Waals surface area contributed by atoms with Crippen LogP contribution >= 0.6 is 0 Å². The van der Waals surface area contributed by atoms with Gasteiger partial charge in [-0.1, -0.05) is 0 Å². The molecule has 0 radical (unpaired) electrons. The average molecular weight is 432 g/mol. The first-order valence-corrected chi connectivity index (χ1v) is 12.0. The number of nitrogens with one attached hydrogen (secondary N) is 1. The van der Waals surface area contributed by atoms with E-state index in [9.17, 15) is 4.79 Å². The van der Waals surface area contributed by atoms with Gasteiger partial charge in [0.15, 0.2) is 5.96 Å². The van der Waals surface area contributed by atoms with Crippen LogP contribution in [0.25, 0.3) is 0 Å². The van der Waals surface area contributed by atoms with Crippen LogP contribution in [0, 0.1) is 0 Å². The molecule has 0 aromatic carbocycles. The molecule has 3 aliphatic rings. The van der Waals surface area contributed by atoms with Gasteiger partial charge in [0.2, 0.25) is 5.91 Å². The Morgan fingerprint density at radius 3 is 2.61 bits per heavy atom. The largest absolute Gasteiger partial charge is 0.469 e. The highest BCUT2D eigenvalue weighted by Crippen LogP contribution is 2.13. The second-order valence-corrected chi connectivity index (χ2v) is 8.76. The second-order valence-electron chi connectivity index (χ2n) is 8.76. The summed E-state index contributed by atoms with van der Waals surface area (Å²) in [6, 6.07) is 3.93. The topological polar surface area (TPSA) is 73.5 Å². The molecular weight excluding hydrogens is 394 g/mol. The molecule has 1 unspecified atom stereocenters. The molecule has 1 atom stereocenters. The molecule has 31 heavy (non-hydrogen) atoms. The van der Waals surface area contributed by atoms with Crippen LogP contribution in [0.5, 0.6) is 0 Å². The van der Waals surface area contributed by atoms with Gasteiger partial charge in [0.25, 0.3) is 0 Å². The summed E-state index contributed by atoms with van der Waals surface area (Å²) in [4.78, 5) is 24.0. The number of nitrogens with zero attached hydrogens (tertiary/aromatic N) is 4. The molecule has 0 bridgehead atoms. The molecule has 3 saturated heterocycles. The number of likely N-dealkylation sites (tertiary alicyclic amines) is 1. The Morgan fingerprint density at radius 1 is 1.06 bits per heavy atom. The van der Waals surface area contributed by atoms with Crippen molar-refractivity contribution >= 4 is 11.9 Å². The van der Waals surface area contributed by atoms with E-state index in [-0.39, 0.29) is 12.0 Å². The third-order valence-electron chi connectivity index (χ3n) is 6.44. The maximum Gasteiger partial charge on any atom is 0.236 e. The number of amides is 1. The summed E-state index contributed by atoms with van der Waals surface area (Å²) in [6.45, 7) is 8.28.